The molecule has 120 valence electrons. The molecule has 0 bridgehead atoms. The van der Waals surface area contributed by atoms with Crippen LogP contribution in [0.5, 0.6) is 5.75 Å². The van der Waals surface area contributed by atoms with E-state index in [-0.39, 0.29) is 10.8 Å². The molecule has 2 rings (SSSR count). The first-order valence-electron chi connectivity index (χ1n) is 7.96. The summed E-state index contributed by atoms with van der Waals surface area (Å²) >= 11 is 0. The van der Waals surface area contributed by atoms with Gasteiger partial charge in [0.1, 0.15) is 5.75 Å². The number of ether oxygens (including phenoxy) is 1. The maximum Gasteiger partial charge on any atom is 0.492 e. The molecular formula is C18H27BO3. The molecule has 0 heterocycles. The van der Waals surface area contributed by atoms with Gasteiger partial charge >= 0.3 is 7.12 Å². The van der Waals surface area contributed by atoms with Crippen LogP contribution in [0.3, 0.4) is 0 Å². The largest absolute Gasteiger partial charge is 0.494 e. The van der Waals surface area contributed by atoms with E-state index in [0.717, 1.165) is 12.0 Å². The van der Waals surface area contributed by atoms with Gasteiger partial charge in [0.2, 0.25) is 0 Å². The molecule has 0 spiro atoms. The van der Waals surface area contributed by atoms with E-state index >= 15 is 0 Å². The summed E-state index contributed by atoms with van der Waals surface area (Å²) in [5.74, 6) is 0.569. The van der Waals surface area contributed by atoms with Crippen molar-refractivity contribution < 1.29 is 14.8 Å². The molecule has 2 N–H and O–H groups in total. The third-order valence-corrected chi connectivity index (χ3v) is 4.37. The predicted molar refractivity (Wildman–Crippen MR) is 92.5 cm³/mol. The van der Waals surface area contributed by atoms with E-state index in [4.69, 9.17) is 4.74 Å². The number of hydrogen-bond acceptors (Lipinski definition) is 3. The van der Waals surface area contributed by atoms with Crippen molar-refractivity contribution in [1.82, 2.24) is 0 Å². The fourth-order valence-electron chi connectivity index (χ4n) is 3.15. The van der Waals surface area contributed by atoms with Crippen molar-refractivity contribution in [3.8, 4) is 5.75 Å². The molecule has 0 amide bonds. The molecule has 4 heteroatoms. The summed E-state index contributed by atoms with van der Waals surface area (Å²) in [6.45, 7) is 13.4. The molecule has 0 saturated carbocycles. The highest BCUT2D eigenvalue weighted by molar-refractivity contribution is 6.59. The van der Waals surface area contributed by atoms with Crippen molar-refractivity contribution in [3.63, 3.8) is 0 Å². The highest BCUT2D eigenvalue weighted by atomic mass is 16.5. The third kappa shape index (κ3) is 3.08. The third-order valence-electron chi connectivity index (χ3n) is 4.37. The molecule has 0 fully saturated rings. The lowest BCUT2D eigenvalue weighted by atomic mass is 9.66. The Labute approximate surface area is 134 Å². The van der Waals surface area contributed by atoms with Crippen molar-refractivity contribution in [1.29, 1.82) is 0 Å². The van der Waals surface area contributed by atoms with Gasteiger partial charge in [-0.05, 0) is 46.9 Å². The summed E-state index contributed by atoms with van der Waals surface area (Å²) in [4.78, 5) is 0. The maximum absolute atomic E-state index is 9.71. The van der Waals surface area contributed by atoms with E-state index in [1.807, 2.05) is 19.1 Å². The van der Waals surface area contributed by atoms with Crippen LogP contribution in [0.15, 0.2) is 18.2 Å². The Kier molecular flexibility index (Phi) is 4.47. The minimum Gasteiger partial charge on any atom is -0.494 e. The molecule has 1 aliphatic rings. The minimum atomic E-state index is -1.53. The van der Waals surface area contributed by atoms with Gasteiger partial charge in [-0.25, -0.2) is 0 Å². The van der Waals surface area contributed by atoms with Crippen LogP contribution in [0.1, 0.15) is 59.1 Å². The quantitative estimate of drug-likeness (QED) is 0.844. The summed E-state index contributed by atoms with van der Waals surface area (Å²) in [6.07, 6.45) is 3.26. The minimum absolute atomic E-state index is 0.00880. The Morgan fingerprint density at radius 1 is 1.23 bits per heavy atom. The van der Waals surface area contributed by atoms with Gasteiger partial charge in [-0.2, -0.15) is 0 Å². The van der Waals surface area contributed by atoms with Crippen LogP contribution in [0.4, 0.5) is 0 Å². The van der Waals surface area contributed by atoms with Crippen LogP contribution in [0.25, 0.3) is 5.57 Å². The monoisotopic (exact) mass is 302 g/mol. The second-order valence-corrected chi connectivity index (χ2v) is 7.70. The second kappa shape index (κ2) is 5.75. The first-order chi connectivity index (χ1) is 10.1. The van der Waals surface area contributed by atoms with E-state index in [1.165, 1.54) is 11.1 Å². The van der Waals surface area contributed by atoms with Gasteiger partial charge in [-0.1, -0.05) is 46.8 Å². The Bertz CT molecular complexity index is 595. The van der Waals surface area contributed by atoms with Crippen molar-refractivity contribution in [3.05, 3.63) is 29.3 Å². The maximum atomic E-state index is 9.71. The predicted octanol–water partition coefficient (Wildman–Crippen LogP) is 2.88. The number of hydrogen-bond donors (Lipinski definition) is 2. The van der Waals surface area contributed by atoms with Gasteiger partial charge < -0.3 is 14.8 Å². The summed E-state index contributed by atoms with van der Waals surface area (Å²) in [5, 5.41) is 19.4. The van der Waals surface area contributed by atoms with E-state index in [9.17, 15) is 10.0 Å². The van der Waals surface area contributed by atoms with Crippen molar-refractivity contribution >= 4 is 18.2 Å². The molecule has 0 unspecified atom stereocenters. The number of allylic oxidation sites excluding steroid dienone is 2. The van der Waals surface area contributed by atoms with E-state index in [0.29, 0.717) is 17.8 Å². The van der Waals surface area contributed by atoms with Gasteiger partial charge in [0.25, 0.3) is 0 Å². The summed E-state index contributed by atoms with van der Waals surface area (Å²) in [6, 6.07) is 3.88. The normalized spacial score (nSPS) is 16.8. The Hall–Kier alpha value is -1.26. The summed E-state index contributed by atoms with van der Waals surface area (Å²) in [7, 11) is -1.53. The van der Waals surface area contributed by atoms with Gasteiger partial charge in [-0.15, -0.1) is 0 Å². The van der Waals surface area contributed by atoms with Crippen molar-refractivity contribution in [2.24, 2.45) is 5.41 Å². The zero-order chi connectivity index (χ0) is 16.7. The van der Waals surface area contributed by atoms with Crippen LogP contribution in [-0.2, 0) is 5.41 Å². The second-order valence-electron chi connectivity index (χ2n) is 7.70. The topological polar surface area (TPSA) is 49.7 Å². The van der Waals surface area contributed by atoms with E-state index in [2.05, 4.69) is 40.7 Å². The number of fused-ring (bicyclic) bond motifs is 1. The van der Waals surface area contributed by atoms with Crippen LogP contribution in [0.2, 0.25) is 0 Å². The Balaban J connectivity index is 2.71. The summed E-state index contributed by atoms with van der Waals surface area (Å²) < 4.78 is 5.64. The highest BCUT2D eigenvalue weighted by Crippen LogP contribution is 2.46. The standard InChI is InChI=1S/C18H27BO3/c1-7-22-16-11-14-12(10-15(16)19(20)21)13(17(2,3)4)8-9-18(14,5)6/h8,10-11,20-21H,7,9H2,1-6H3. The highest BCUT2D eigenvalue weighted by Gasteiger charge is 2.34. The SMILES string of the molecule is CCOc1cc2c(cc1B(O)O)C(C(C)(C)C)=CCC2(C)C. The molecule has 0 atom stereocenters. The van der Waals surface area contributed by atoms with E-state index in [1.54, 1.807) is 0 Å². The average Bonchev–Trinajstić information content (AvgIpc) is 2.37. The molecule has 0 aliphatic heterocycles. The zero-order valence-electron chi connectivity index (χ0n) is 14.5. The Morgan fingerprint density at radius 2 is 1.86 bits per heavy atom. The van der Waals surface area contributed by atoms with Crippen LogP contribution < -0.4 is 10.2 Å². The van der Waals surface area contributed by atoms with Crippen LogP contribution >= 0.6 is 0 Å². The smallest absolute Gasteiger partial charge is 0.492 e. The molecule has 1 aromatic rings. The number of benzene rings is 1. The molecule has 0 radical (unpaired) electrons. The molecule has 22 heavy (non-hydrogen) atoms. The molecule has 0 aromatic heterocycles. The van der Waals surface area contributed by atoms with Gasteiger partial charge in [-0.3, -0.25) is 0 Å². The van der Waals surface area contributed by atoms with Crippen molar-refractivity contribution in [2.45, 2.75) is 53.4 Å². The lowest BCUT2D eigenvalue weighted by Gasteiger charge is -2.37. The molecule has 0 saturated heterocycles. The fourth-order valence-corrected chi connectivity index (χ4v) is 3.15. The van der Waals surface area contributed by atoms with Crippen molar-refractivity contribution in [2.75, 3.05) is 6.61 Å². The molecular weight excluding hydrogens is 275 g/mol. The van der Waals surface area contributed by atoms with Crippen LogP contribution in [0, 0.1) is 5.41 Å². The zero-order valence-corrected chi connectivity index (χ0v) is 14.5. The average molecular weight is 302 g/mol. The lowest BCUT2D eigenvalue weighted by Crippen LogP contribution is -2.34. The van der Waals surface area contributed by atoms with Gasteiger partial charge in [0.05, 0.1) is 6.61 Å². The molecule has 3 nitrogen and oxygen atoms in total. The first-order valence-corrected chi connectivity index (χ1v) is 7.96. The number of rotatable bonds is 3. The molecule has 1 aromatic carbocycles. The fraction of sp³-hybridized carbons (Fsp3) is 0.556. The van der Waals surface area contributed by atoms with E-state index < -0.39 is 7.12 Å². The lowest BCUT2D eigenvalue weighted by molar-refractivity contribution is 0.338. The summed E-state index contributed by atoms with van der Waals surface area (Å²) in [5.41, 5.74) is 4.04. The molecule has 1 aliphatic carbocycles. The van der Waals surface area contributed by atoms with Gasteiger partial charge in [0, 0.05) is 5.46 Å². The van der Waals surface area contributed by atoms with Crippen LogP contribution in [-0.4, -0.2) is 23.8 Å². The first kappa shape index (κ1) is 17.1. The Morgan fingerprint density at radius 3 is 2.36 bits per heavy atom. The van der Waals surface area contributed by atoms with Gasteiger partial charge in [0.15, 0.2) is 0 Å².